The van der Waals surface area contributed by atoms with E-state index in [1.807, 2.05) is 24.3 Å². The number of imidazole rings is 1. The van der Waals surface area contributed by atoms with E-state index in [0.29, 0.717) is 18.8 Å². The van der Waals surface area contributed by atoms with E-state index in [2.05, 4.69) is 71.1 Å². The molecule has 0 bridgehead atoms. The van der Waals surface area contributed by atoms with Crippen molar-refractivity contribution in [1.82, 2.24) is 14.5 Å². The van der Waals surface area contributed by atoms with E-state index < -0.39 is 0 Å². The van der Waals surface area contributed by atoms with E-state index in [-0.39, 0.29) is 5.41 Å². The molecule has 6 rings (SSSR count). The topological polar surface area (TPSA) is 54.1 Å². The van der Waals surface area contributed by atoms with E-state index in [4.69, 9.17) is 15.0 Å². The van der Waals surface area contributed by atoms with Gasteiger partial charge >= 0.3 is 0 Å². The molecule has 3 aromatic carbocycles. The average molecular weight is 491 g/mol. The van der Waals surface area contributed by atoms with Gasteiger partial charge in [-0.1, -0.05) is 48.5 Å². The average Bonchev–Trinajstić information content (AvgIpc) is 3.71. The minimum atomic E-state index is 0.0594. The first kappa shape index (κ1) is 23.9. The third-order valence-corrected chi connectivity index (χ3v) is 8.25. The summed E-state index contributed by atoms with van der Waals surface area (Å²) in [5.41, 5.74) is 6.54. The van der Waals surface area contributed by atoms with Crippen LogP contribution >= 0.6 is 0 Å². The highest BCUT2D eigenvalue weighted by atomic mass is 16.5. The molecule has 1 saturated carbocycles. The van der Waals surface area contributed by atoms with Crippen LogP contribution in [-0.4, -0.2) is 41.2 Å². The van der Waals surface area contributed by atoms with Crippen LogP contribution in [0, 0.1) is 17.2 Å². The smallest absolute Gasteiger partial charge is 0.136 e. The summed E-state index contributed by atoms with van der Waals surface area (Å²) in [7, 11) is 2.21. The van der Waals surface area contributed by atoms with Gasteiger partial charge in [-0.25, -0.2) is 4.98 Å². The lowest BCUT2D eigenvalue weighted by molar-refractivity contribution is 0.0368. The van der Waals surface area contributed by atoms with Crippen molar-refractivity contribution in [3.63, 3.8) is 0 Å². The number of hydrogen-bond acceptors (Lipinski definition) is 4. The Bertz CT molecular complexity index is 1410. The van der Waals surface area contributed by atoms with Gasteiger partial charge in [-0.05, 0) is 92.7 Å². The quantitative estimate of drug-likeness (QED) is 0.297. The molecule has 1 aliphatic carbocycles. The molecule has 1 saturated heterocycles. The highest BCUT2D eigenvalue weighted by Gasteiger charge is 2.36. The number of ether oxygens (including phenoxy) is 1. The molecule has 5 nitrogen and oxygen atoms in total. The van der Waals surface area contributed by atoms with Gasteiger partial charge in [0.1, 0.15) is 12.4 Å². The van der Waals surface area contributed by atoms with E-state index in [1.54, 1.807) is 0 Å². The van der Waals surface area contributed by atoms with Crippen molar-refractivity contribution < 1.29 is 4.74 Å². The van der Waals surface area contributed by atoms with Crippen molar-refractivity contribution in [1.29, 1.82) is 5.26 Å². The summed E-state index contributed by atoms with van der Waals surface area (Å²) in [5.74, 6) is 1.77. The molecule has 5 heteroatoms. The van der Waals surface area contributed by atoms with Gasteiger partial charge in [0, 0.05) is 12.0 Å². The van der Waals surface area contributed by atoms with Crippen LogP contribution in [0.4, 0.5) is 0 Å². The van der Waals surface area contributed by atoms with Gasteiger partial charge in [0.2, 0.25) is 0 Å². The lowest BCUT2D eigenvalue weighted by Crippen LogP contribution is -2.43. The SMILES string of the molecule is CN1CCC(COCc2nc3cc(-c4ccc(C#N)cc4)ccc3n2CC2CC2)(c2ccccc2)CC1. The van der Waals surface area contributed by atoms with Gasteiger partial charge in [0.05, 0.1) is 29.3 Å². The summed E-state index contributed by atoms with van der Waals surface area (Å²) < 4.78 is 8.92. The Kier molecular flexibility index (Phi) is 6.54. The molecule has 1 aliphatic heterocycles. The molecule has 0 radical (unpaired) electrons. The first-order valence-electron chi connectivity index (χ1n) is 13.5. The summed E-state index contributed by atoms with van der Waals surface area (Å²) in [6, 6.07) is 27.4. The van der Waals surface area contributed by atoms with Crippen molar-refractivity contribution in [2.24, 2.45) is 5.92 Å². The zero-order chi connectivity index (χ0) is 25.2. The minimum Gasteiger partial charge on any atom is -0.373 e. The van der Waals surface area contributed by atoms with Crippen LogP contribution in [0.25, 0.3) is 22.2 Å². The molecule has 0 unspecified atom stereocenters. The monoisotopic (exact) mass is 490 g/mol. The Hall–Kier alpha value is -3.46. The van der Waals surface area contributed by atoms with Crippen molar-refractivity contribution in [2.75, 3.05) is 26.7 Å². The lowest BCUT2D eigenvalue weighted by Gasteiger charge is -2.41. The Morgan fingerprint density at radius 3 is 2.41 bits per heavy atom. The Morgan fingerprint density at radius 1 is 0.973 bits per heavy atom. The molecule has 0 atom stereocenters. The molecule has 2 fully saturated rings. The number of likely N-dealkylation sites (tertiary alicyclic amines) is 1. The zero-order valence-electron chi connectivity index (χ0n) is 21.6. The number of rotatable bonds is 8. The maximum absolute atomic E-state index is 9.12. The normalized spacial score (nSPS) is 17.6. The number of aromatic nitrogens is 2. The van der Waals surface area contributed by atoms with Gasteiger partial charge in [-0.15, -0.1) is 0 Å². The van der Waals surface area contributed by atoms with E-state index in [9.17, 15) is 0 Å². The maximum atomic E-state index is 9.12. The lowest BCUT2D eigenvalue weighted by atomic mass is 9.73. The standard InChI is InChI=1S/C32H34N4O/c1-35-17-15-32(16-18-35,28-5-3-2-4-6-28)23-37-22-31-34-29-19-27(26-11-9-24(20-33)10-12-26)13-14-30(29)36(31)21-25-7-8-25/h2-6,9-14,19,25H,7-8,15-18,21-23H2,1H3. The van der Waals surface area contributed by atoms with Crippen molar-refractivity contribution >= 4 is 11.0 Å². The van der Waals surface area contributed by atoms with Crippen LogP contribution in [0.15, 0.2) is 72.8 Å². The molecular weight excluding hydrogens is 456 g/mol. The number of nitrogens with zero attached hydrogens (tertiary/aromatic N) is 4. The Balaban J connectivity index is 1.25. The summed E-state index contributed by atoms with van der Waals surface area (Å²) in [6.07, 6.45) is 4.82. The second-order valence-corrected chi connectivity index (χ2v) is 10.9. The number of nitriles is 1. The minimum absolute atomic E-state index is 0.0594. The summed E-state index contributed by atoms with van der Waals surface area (Å²) in [5, 5.41) is 9.12. The molecule has 1 aromatic heterocycles. The van der Waals surface area contributed by atoms with Crippen LogP contribution in [0.1, 0.15) is 42.6 Å². The van der Waals surface area contributed by atoms with Crippen molar-refractivity contribution in [3.05, 3.63) is 89.7 Å². The fraction of sp³-hybridized carbons (Fsp3) is 0.375. The first-order valence-corrected chi connectivity index (χ1v) is 13.5. The van der Waals surface area contributed by atoms with E-state index in [0.717, 1.165) is 60.9 Å². The van der Waals surface area contributed by atoms with Gasteiger partial charge in [0.15, 0.2) is 0 Å². The summed E-state index contributed by atoms with van der Waals surface area (Å²) in [6.45, 7) is 4.44. The largest absolute Gasteiger partial charge is 0.373 e. The molecule has 0 amide bonds. The highest BCUT2D eigenvalue weighted by molar-refractivity contribution is 5.82. The molecule has 188 valence electrons. The van der Waals surface area contributed by atoms with Gasteiger partial charge < -0.3 is 14.2 Å². The molecule has 2 aliphatic rings. The number of hydrogen-bond donors (Lipinski definition) is 0. The summed E-state index contributed by atoms with van der Waals surface area (Å²) in [4.78, 5) is 7.50. The Labute approximate surface area is 219 Å². The fourth-order valence-electron chi connectivity index (χ4n) is 5.66. The predicted molar refractivity (Wildman–Crippen MR) is 147 cm³/mol. The van der Waals surface area contributed by atoms with Crippen LogP contribution in [-0.2, 0) is 23.3 Å². The Morgan fingerprint density at radius 2 is 1.70 bits per heavy atom. The highest BCUT2D eigenvalue weighted by Crippen LogP contribution is 2.37. The number of piperidine rings is 1. The van der Waals surface area contributed by atoms with Gasteiger partial charge in [0.25, 0.3) is 0 Å². The molecule has 2 heterocycles. The second kappa shape index (κ2) is 10.1. The molecule has 0 N–H and O–H groups in total. The van der Waals surface area contributed by atoms with Crippen LogP contribution < -0.4 is 0 Å². The van der Waals surface area contributed by atoms with Crippen molar-refractivity contribution in [3.8, 4) is 17.2 Å². The van der Waals surface area contributed by atoms with Crippen LogP contribution in [0.3, 0.4) is 0 Å². The van der Waals surface area contributed by atoms with Gasteiger partial charge in [-0.3, -0.25) is 0 Å². The maximum Gasteiger partial charge on any atom is 0.136 e. The number of fused-ring (bicyclic) bond motifs is 1. The fourth-order valence-corrected chi connectivity index (χ4v) is 5.66. The van der Waals surface area contributed by atoms with E-state index in [1.165, 1.54) is 23.9 Å². The third-order valence-electron chi connectivity index (χ3n) is 8.25. The first-order chi connectivity index (χ1) is 18.1. The van der Waals surface area contributed by atoms with Crippen molar-refractivity contribution in [2.45, 2.75) is 44.2 Å². The van der Waals surface area contributed by atoms with Crippen LogP contribution in [0.2, 0.25) is 0 Å². The van der Waals surface area contributed by atoms with Crippen LogP contribution in [0.5, 0.6) is 0 Å². The van der Waals surface area contributed by atoms with E-state index >= 15 is 0 Å². The third kappa shape index (κ3) is 5.05. The molecule has 0 spiro atoms. The number of benzene rings is 3. The molecule has 37 heavy (non-hydrogen) atoms. The second-order valence-electron chi connectivity index (χ2n) is 10.9. The zero-order valence-corrected chi connectivity index (χ0v) is 21.6. The molecule has 4 aromatic rings. The predicted octanol–water partition coefficient (Wildman–Crippen LogP) is 6.17. The summed E-state index contributed by atoms with van der Waals surface area (Å²) >= 11 is 0. The van der Waals surface area contributed by atoms with Gasteiger partial charge in [-0.2, -0.15) is 5.26 Å². The molecular formula is C32H34N4O.